The van der Waals surface area contributed by atoms with Crippen LogP contribution in [0.5, 0.6) is 0 Å². The Labute approximate surface area is 91.4 Å². The molecule has 0 aromatic rings. The van der Waals surface area contributed by atoms with Gasteiger partial charge >= 0.3 is 0 Å². The Morgan fingerprint density at radius 2 is 2.13 bits per heavy atom. The minimum atomic E-state index is 0.249. The average Bonchev–Trinajstić information content (AvgIpc) is 3.04. The number of aliphatic hydroxyl groups is 1. The van der Waals surface area contributed by atoms with Gasteiger partial charge in [0.25, 0.3) is 0 Å². The molecule has 1 saturated carbocycles. The lowest BCUT2D eigenvalue weighted by Crippen LogP contribution is -2.46. The average molecular weight is 214 g/mol. The number of nitrogens with two attached hydrogens (primary N) is 1. The van der Waals surface area contributed by atoms with Gasteiger partial charge in [0.05, 0.1) is 13.2 Å². The number of rotatable bonds is 5. The van der Waals surface area contributed by atoms with Crippen molar-refractivity contribution in [2.75, 3.05) is 32.9 Å². The molecule has 1 aliphatic heterocycles. The largest absolute Gasteiger partial charge is 0.395 e. The number of hydrogen-bond acceptors (Lipinski definition) is 4. The topological polar surface area (TPSA) is 58.7 Å². The summed E-state index contributed by atoms with van der Waals surface area (Å²) in [6.07, 6.45) is 3.54. The minimum Gasteiger partial charge on any atom is -0.395 e. The molecule has 1 heterocycles. The van der Waals surface area contributed by atoms with Gasteiger partial charge in [0, 0.05) is 37.7 Å². The summed E-state index contributed by atoms with van der Waals surface area (Å²) in [4.78, 5) is 2.37. The molecule has 1 aliphatic carbocycles. The lowest BCUT2D eigenvalue weighted by molar-refractivity contribution is 0.0224. The van der Waals surface area contributed by atoms with Crippen molar-refractivity contribution in [3.63, 3.8) is 0 Å². The zero-order valence-electron chi connectivity index (χ0n) is 9.27. The van der Waals surface area contributed by atoms with E-state index >= 15 is 0 Å². The van der Waals surface area contributed by atoms with Crippen LogP contribution in [0.25, 0.3) is 0 Å². The van der Waals surface area contributed by atoms with Crippen LogP contribution in [0.15, 0.2) is 0 Å². The van der Waals surface area contributed by atoms with Crippen LogP contribution in [0.2, 0.25) is 0 Å². The first-order valence-corrected chi connectivity index (χ1v) is 5.99. The van der Waals surface area contributed by atoms with E-state index in [1.165, 1.54) is 12.8 Å². The molecule has 1 saturated heterocycles. The normalized spacial score (nSPS) is 32.2. The highest BCUT2D eigenvalue weighted by Crippen LogP contribution is 2.28. The van der Waals surface area contributed by atoms with Crippen molar-refractivity contribution in [3.8, 4) is 0 Å². The Kier molecular flexibility index (Phi) is 3.97. The van der Waals surface area contributed by atoms with Crippen LogP contribution < -0.4 is 5.73 Å². The van der Waals surface area contributed by atoms with Crippen molar-refractivity contribution in [2.24, 2.45) is 11.7 Å². The monoisotopic (exact) mass is 214 g/mol. The molecule has 2 atom stereocenters. The van der Waals surface area contributed by atoms with Crippen molar-refractivity contribution in [3.05, 3.63) is 0 Å². The predicted octanol–water partition coefficient (Wildman–Crippen LogP) is -0.193. The van der Waals surface area contributed by atoms with E-state index in [1.807, 2.05) is 0 Å². The molecular formula is C11H22N2O2. The summed E-state index contributed by atoms with van der Waals surface area (Å²) in [5.74, 6) is 0.450. The second-order valence-corrected chi connectivity index (χ2v) is 4.74. The van der Waals surface area contributed by atoms with Gasteiger partial charge in [-0.25, -0.2) is 0 Å². The van der Waals surface area contributed by atoms with Crippen LogP contribution in [0, 0.1) is 5.92 Å². The van der Waals surface area contributed by atoms with E-state index < -0.39 is 0 Å². The number of nitrogens with zero attached hydrogens (tertiary/aromatic N) is 1. The molecule has 4 nitrogen and oxygen atoms in total. The van der Waals surface area contributed by atoms with Gasteiger partial charge < -0.3 is 15.6 Å². The van der Waals surface area contributed by atoms with Crippen LogP contribution in [0.4, 0.5) is 0 Å². The van der Waals surface area contributed by atoms with Crippen LogP contribution in [0.3, 0.4) is 0 Å². The zero-order valence-corrected chi connectivity index (χ0v) is 9.27. The van der Waals surface area contributed by atoms with Gasteiger partial charge in [0.1, 0.15) is 0 Å². The summed E-state index contributed by atoms with van der Waals surface area (Å²) in [7, 11) is 0. The van der Waals surface area contributed by atoms with Gasteiger partial charge in [-0.3, -0.25) is 4.90 Å². The lowest BCUT2D eigenvalue weighted by atomic mass is 9.96. The summed E-state index contributed by atoms with van der Waals surface area (Å²) >= 11 is 0. The van der Waals surface area contributed by atoms with Gasteiger partial charge in [-0.1, -0.05) is 0 Å². The molecule has 2 aliphatic rings. The van der Waals surface area contributed by atoms with Crippen molar-refractivity contribution in [2.45, 2.75) is 31.3 Å². The third kappa shape index (κ3) is 3.14. The summed E-state index contributed by atoms with van der Waals surface area (Å²) in [5.41, 5.74) is 6.07. The molecule has 0 spiro atoms. The maximum Gasteiger partial charge on any atom is 0.0558 e. The first-order valence-electron chi connectivity index (χ1n) is 5.99. The fraction of sp³-hybridized carbons (Fsp3) is 1.00. The Morgan fingerprint density at radius 1 is 1.33 bits per heavy atom. The molecule has 0 aromatic carbocycles. The van der Waals surface area contributed by atoms with E-state index in [2.05, 4.69) is 4.90 Å². The van der Waals surface area contributed by atoms with Crippen molar-refractivity contribution in [1.82, 2.24) is 4.90 Å². The third-order valence-corrected chi connectivity index (χ3v) is 3.45. The predicted molar refractivity (Wildman–Crippen MR) is 58.6 cm³/mol. The molecular weight excluding hydrogens is 192 g/mol. The van der Waals surface area contributed by atoms with E-state index in [4.69, 9.17) is 15.6 Å². The maximum atomic E-state index is 9.00. The first-order chi connectivity index (χ1) is 7.31. The fourth-order valence-electron chi connectivity index (χ4n) is 2.29. The third-order valence-electron chi connectivity index (χ3n) is 3.45. The standard InChI is InChI=1S/C11H22N2O2/c12-11-3-6-15-8-9(11)7-13(4-5-14)10-1-2-10/h9-11,14H,1-8,12H2. The van der Waals surface area contributed by atoms with Gasteiger partial charge in [-0.15, -0.1) is 0 Å². The molecule has 0 aromatic heterocycles. The van der Waals surface area contributed by atoms with E-state index in [0.717, 1.165) is 32.7 Å². The van der Waals surface area contributed by atoms with Crippen molar-refractivity contribution >= 4 is 0 Å². The summed E-state index contributed by atoms with van der Waals surface area (Å²) < 4.78 is 5.46. The highest BCUT2D eigenvalue weighted by atomic mass is 16.5. The number of hydrogen-bond donors (Lipinski definition) is 2. The smallest absolute Gasteiger partial charge is 0.0558 e. The van der Waals surface area contributed by atoms with E-state index in [9.17, 15) is 0 Å². The minimum absolute atomic E-state index is 0.249. The summed E-state index contributed by atoms with van der Waals surface area (Å²) in [6, 6.07) is 0.977. The molecule has 0 bridgehead atoms. The zero-order chi connectivity index (χ0) is 10.7. The van der Waals surface area contributed by atoms with Crippen molar-refractivity contribution < 1.29 is 9.84 Å². The molecule has 2 fully saturated rings. The highest BCUT2D eigenvalue weighted by molar-refractivity contribution is 4.88. The van der Waals surface area contributed by atoms with Crippen LogP contribution in [-0.2, 0) is 4.74 Å². The summed E-state index contributed by atoms with van der Waals surface area (Å²) in [6.45, 7) is 3.62. The molecule has 3 N–H and O–H groups in total. The van der Waals surface area contributed by atoms with Gasteiger partial charge in [-0.2, -0.15) is 0 Å². The molecule has 0 radical (unpaired) electrons. The van der Waals surface area contributed by atoms with E-state index in [0.29, 0.717) is 12.0 Å². The fourth-order valence-corrected chi connectivity index (χ4v) is 2.29. The molecule has 2 rings (SSSR count). The highest BCUT2D eigenvalue weighted by Gasteiger charge is 2.32. The van der Waals surface area contributed by atoms with Gasteiger partial charge in [0.2, 0.25) is 0 Å². The first kappa shape index (κ1) is 11.3. The van der Waals surface area contributed by atoms with Crippen molar-refractivity contribution in [1.29, 1.82) is 0 Å². The quantitative estimate of drug-likeness (QED) is 0.666. The van der Waals surface area contributed by atoms with Crippen LogP contribution in [0.1, 0.15) is 19.3 Å². The Hall–Kier alpha value is -0.160. The van der Waals surface area contributed by atoms with Gasteiger partial charge in [0.15, 0.2) is 0 Å². The molecule has 15 heavy (non-hydrogen) atoms. The van der Waals surface area contributed by atoms with E-state index in [-0.39, 0.29) is 12.6 Å². The van der Waals surface area contributed by atoms with Gasteiger partial charge in [-0.05, 0) is 19.3 Å². The second-order valence-electron chi connectivity index (χ2n) is 4.74. The second kappa shape index (κ2) is 5.25. The Bertz CT molecular complexity index is 195. The van der Waals surface area contributed by atoms with Crippen LogP contribution >= 0.6 is 0 Å². The summed E-state index contributed by atoms with van der Waals surface area (Å²) in [5, 5.41) is 9.00. The number of ether oxygens (including phenoxy) is 1. The molecule has 88 valence electrons. The van der Waals surface area contributed by atoms with Crippen LogP contribution in [-0.4, -0.2) is 55.0 Å². The number of aliphatic hydroxyl groups excluding tert-OH is 1. The van der Waals surface area contributed by atoms with E-state index in [1.54, 1.807) is 0 Å². The Balaban J connectivity index is 1.81. The molecule has 0 amide bonds. The maximum absolute atomic E-state index is 9.00. The molecule has 2 unspecified atom stereocenters. The Morgan fingerprint density at radius 3 is 2.73 bits per heavy atom. The lowest BCUT2D eigenvalue weighted by Gasteiger charge is -2.33. The molecule has 4 heteroatoms. The SMILES string of the molecule is NC1CCOCC1CN(CCO)C1CC1.